The summed E-state index contributed by atoms with van der Waals surface area (Å²) in [4.78, 5) is 8.04. The summed E-state index contributed by atoms with van der Waals surface area (Å²) in [5, 5.41) is 0. The zero-order valence-corrected chi connectivity index (χ0v) is 6.77. The molecule has 0 N–H and O–H groups in total. The van der Waals surface area contributed by atoms with Crippen LogP contribution in [0.2, 0.25) is 0 Å². The molecule has 0 saturated heterocycles. The van der Waals surface area contributed by atoms with Gasteiger partial charge in [0.25, 0.3) is 0 Å². The first-order valence-corrected chi connectivity index (χ1v) is 4.10. The lowest BCUT2D eigenvalue weighted by Crippen LogP contribution is -2.09. The van der Waals surface area contributed by atoms with Gasteiger partial charge in [-0.15, -0.1) is 0 Å². The molecule has 0 aliphatic carbocycles. The minimum atomic E-state index is 0.465. The largest absolute Gasteiger partial charge is 0.225 e. The summed E-state index contributed by atoms with van der Waals surface area (Å²) in [7, 11) is 0. The van der Waals surface area contributed by atoms with Crippen molar-refractivity contribution < 1.29 is 0 Å². The van der Waals surface area contributed by atoms with Crippen molar-refractivity contribution in [3.05, 3.63) is 35.9 Å². The van der Waals surface area contributed by atoms with E-state index in [-0.39, 0.29) is 0 Å². The minimum Gasteiger partial charge on any atom is -0.225 e. The number of rotatable bonds is 1. The Bertz CT molecular complexity index is 300. The SMILES string of the molecule is C1=NCC(c2ccccc2)CN=1. The fourth-order valence-electron chi connectivity index (χ4n) is 1.35. The second kappa shape index (κ2) is 3.33. The number of aliphatic imine (C=N–C) groups is 2. The van der Waals surface area contributed by atoms with Crippen LogP contribution >= 0.6 is 0 Å². The average molecular weight is 158 g/mol. The molecule has 0 fully saturated rings. The smallest absolute Gasteiger partial charge is 0.0892 e. The fraction of sp³-hybridized carbons (Fsp3) is 0.300. The van der Waals surface area contributed by atoms with Crippen molar-refractivity contribution >= 4 is 6.01 Å². The van der Waals surface area contributed by atoms with E-state index >= 15 is 0 Å². The molecule has 0 saturated carbocycles. The summed E-state index contributed by atoms with van der Waals surface area (Å²) in [6.45, 7) is 1.65. The van der Waals surface area contributed by atoms with E-state index in [1.165, 1.54) is 5.56 Å². The predicted molar refractivity (Wildman–Crippen MR) is 48.8 cm³/mol. The Labute approximate surface area is 71.7 Å². The van der Waals surface area contributed by atoms with Crippen LogP contribution in [0, 0.1) is 0 Å². The molecule has 0 amide bonds. The quantitative estimate of drug-likeness (QED) is 0.597. The lowest BCUT2D eigenvalue weighted by Gasteiger charge is -2.12. The predicted octanol–water partition coefficient (Wildman–Crippen LogP) is 1.96. The molecule has 1 aliphatic heterocycles. The fourth-order valence-corrected chi connectivity index (χ4v) is 1.35. The Morgan fingerprint density at radius 1 is 1.08 bits per heavy atom. The second-order valence-corrected chi connectivity index (χ2v) is 2.89. The molecule has 60 valence electrons. The molecule has 1 aromatic carbocycles. The standard InChI is InChI=1S/C10H10N2/c1-2-4-9(5-3-1)10-6-11-8-12-7-10/h1-5,10H,6-7H2. The summed E-state index contributed by atoms with van der Waals surface area (Å²) in [6.07, 6.45) is 0. The van der Waals surface area contributed by atoms with Crippen LogP contribution in [0.25, 0.3) is 0 Å². The lowest BCUT2D eigenvalue weighted by molar-refractivity contribution is 0.698. The van der Waals surface area contributed by atoms with Gasteiger partial charge in [-0.2, -0.15) is 0 Å². The van der Waals surface area contributed by atoms with Crippen molar-refractivity contribution in [2.75, 3.05) is 13.1 Å². The van der Waals surface area contributed by atoms with Crippen LogP contribution in [-0.4, -0.2) is 19.1 Å². The van der Waals surface area contributed by atoms with Gasteiger partial charge in [-0.1, -0.05) is 30.3 Å². The molecular weight excluding hydrogens is 148 g/mol. The van der Waals surface area contributed by atoms with E-state index < -0.39 is 0 Å². The molecule has 1 aliphatic rings. The molecule has 0 bridgehead atoms. The molecule has 0 atom stereocenters. The summed E-state index contributed by atoms with van der Waals surface area (Å²) in [5.74, 6) is 0.465. The molecule has 0 spiro atoms. The first kappa shape index (κ1) is 7.26. The maximum absolute atomic E-state index is 4.02. The topological polar surface area (TPSA) is 24.7 Å². The van der Waals surface area contributed by atoms with Gasteiger partial charge >= 0.3 is 0 Å². The first-order valence-electron chi connectivity index (χ1n) is 4.10. The number of hydrogen-bond acceptors (Lipinski definition) is 2. The van der Waals surface area contributed by atoms with E-state index in [2.05, 4.69) is 40.3 Å². The molecule has 2 heteroatoms. The van der Waals surface area contributed by atoms with Crippen LogP contribution in [0.4, 0.5) is 0 Å². The van der Waals surface area contributed by atoms with Crippen LogP contribution in [0.15, 0.2) is 40.3 Å². The highest BCUT2D eigenvalue weighted by molar-refractivity contribution is 5.43. The Kier molecular flexibility index (Phi) is 2.02. The summed E-state index contributed by atoms with van der Waals surface area (Å²) in [5.41, 5.74) is 1.33. The van der Waals surface area contributed by atoms with Crippen LogP contribution in [0.5, 0.6) is 0 Å². The zero-order valence-electron chi connectivity index (χ0n) is 6.77. The Hall–Kier alpha value is -1.40. The maximum atomic E-state index is 4.02. The van der Waals surface area contributed by atoms with Gasteiger partial charge in [0, 0.05) is 5.92 Å². The van der Waals surface area contributed by atoms with Gasteiger partial charge in [0.15, 0.2) is 0 Å². The van der Waals surface area contributed by atoms with Crippen molar-refractivity contribution in [1.29, 1.82) is 0 Å². The van der Waals surface area contributed by atoms with Crippen molar-refractivity contribution in [2.24, 2.45) is 9.98 Å². The summed E-state index contributed by atoms with van der Waals surface area (Å²) >= 11 is 0. The minimum absolute atomic E-state index is 0.465. The van der Waals surface area contributed by atoms with Crippen LogP contribution in [0.1, 0.15) is 11.5 Å². The number of hydrogen-bond donors (Lipinski definition) is 0. The van der Waals surface area contributed by atoms with Gasteiger partial charge in [-0.05, 0) is 5.56 Å². The second-order valence-electron chi connectivity index (χ2n) is 2.89. The molecule has 0 radical (unpaired) electrons. The summed E-state index contributed by atoms with van der Waals surface area (Å²) < 4.78 is 0. The highest BCUT2D eigenvalue weighted by Crippen LogP contribution is 2.17. The van der Waals surface area contributed by atoms with Crippen molar-refractivity contribution in [3.8, 4) is 0 Å². The van der Waals surface area contributed by atoms with E-state index in [4.69, 9.17) is 0 Å². The van der Waals surface area contributed by atoms with E-state index in [0.29, 0.717) is 5.92 Å². The lowest BCUT2D eigenvalue weighted by atomic mass is 9.99. The van der Waals surface area contributed by atoms with Gasteiger partial charge in [0.05, 0.1) is 19.1 Å². The van der Waals surface area contributed by atoms with Gasteiger partial charge in [0.2, 0.25) is 0 Å². The van der Waals surface area contributed by atoms with Crippen LogP contribution in [0.3, 0.4) is 0 Å². The van der Waals surface area contributed by atoms with Crippen molar-refractivity contribution in [3.63, 3.8) is 0 Å². The molecule has 1 aromatic rings. The first-order chi connectivity index (χ1) is 5.97. The third-order valence-electron chi connectivity index (χ3n) is 2.04. The third kappa shape index (κ3) is 1.44. The monoisotopic (exact) mass is 158 g/mol. The molecule has 0 aromatic heterocycles. The van der Waals surface area contributed by atoms with Crippen LogP contribution < -0.4 is 0 Å². The normalized spacial score (nSPS) is 16.7. The molecular formula is C10H10N2. The molecule has 2 nitrogen and oxygen atoms in total. The summed E-state index contributed by atoms with van der Waals surface area (Å²) in [6, 6.07) is 13.0. The third-order valence-corrected chi connectivity index (χ3v) is 2.04. The molecule has 1 heterocycles. The molecule has 2 rings (SSSR count). The van der Waals surface area contributed by atoms with E-state index in [0.717, 1.165) is 13.1 Å². The zero-order chi connectivity index (χ0) is 8.23. The van der Waals surface area contributed by atoms with Gasteiger partial charge in [0.1, 0.15) is 0 Å². The van der Waals surface area contributed by atoms with Crippen LogP contribution in [-0.2, 0) is 0 Å². The average Bonchev–Trinajstić information content (AvgIpc) is 2.21. The molecule has 12 heavy (non-hydrogen) atoms. The van der Waals surface area contributed by atoms with Gasteiger partial charge in [-0.25, -0.2) is 9.98 Å². The number of nitrogens with zero attached hydrogens (tertiary/aromatic N) is 2. The highest BCUT2D eigenvalue weighted by Gasteiger charge is 2.10. The van der Waals surface area contributed by atoms with Crippen molar-refractivity contribution in [2.45, 2.75) is 5.92 Å². The van der Waals surface area contributed by atoms with E-state index in [9.17, 15) is 0 Å². The van der Waals surface area contributed by atoms with Gasteiger partial charge < -0.3 is 0 Å². The highest BCUT2D eigenvalue weighted by atomic mass is 14.9. The maximum Gasteiger partial charge on any atom is 0.0892 e. The Morgan fingerprint density at radius 2 is 1.75 bits per heavy atom. The van der Waals surface area contributed by atoms with E-state index in [1.54, 1.807) is 0 Å². The Morgan fingerprint density at radius 3 is 2.42 bits per heavy atom. The van der Waals surface area contributed by atoms with Crippen molar-refractivity contribution in [1.82, 2.24) is 0 Å². The Balaban J connectivity index is 2.17. The van der Waals surface area contributed by atoms with E-state index in [1.807, 2.05) is 6.07 Å². The van der Waals surface area contributed by atoms with Gasteiger partial charge in [-0.3, -0.25) is 0 Å². The molecule has 0 unspecified atom stereocenters. The number of benzene rings is 1.